The lowest BCUT2D eigenvalue weighted by molar-refractivity contribution is 0.143. The summed E-state index contributed by atoms with van der Waals surface area (Å²) in [7, 11) is 4.83. The zero-order valence-corrected chi connectivity index (χ0v) is 21.8. The van der Waals surface area contributed by atoms with Crippen LogP contribution in [0.4, 0.5) is 10.3 Å². The fourth-order valence-electron chi connectivity index (χ4n) is 3.72. The number of methoxy groups -OCH3 is 3. The van der Waals surface area contributed by atoms with Crippen LogP contribution in [0.25, 0.3) is 11.4 Å². The van der Waals surface area contributed by atoms with Gasteiger partial charge in [-0.3, -0.25) is 0 Å². The molecule has 4 rings (SSSR count). The molecule has 9 nitrogen and oxygen atoms in total. The van der Waals surface area contributed by atoms with Crippen molar-refractivity contribution >= 4 is 5.95 Å². The molecular formula is C28H30FN5O4. The van der Waals surface area contributed by atoms with Gasteiger partial charge in [-0.05, 0) is 48.4 Å². The zero-order valence-electron chi connectivity index (χ0n) is 21.8. The Labute approximate surface area is 221 Å². The third-order valence-electron chi connectivity index (χ3n) is 5.68. The van der Waals surface area contributed by atoms with E-state index in [-0.39, 0.29) is 23.9 Å². The molecule has 4 aromatic rings. The second kappa shape index (κ2) is 12.8. The first kappa shape index (κ1) is 26.7. The van der Waals surface area contributed by atoms with Crippen molar-refractivity contribution in [1.82, 2.24) is 19.9 Å². The van der Waals surface area contributed by atoms with Gasteiger partial charge in [-0.2, -0.15) is 19.3 Å². The Balaban J connectivity index is 1.66. The van der Waals surface area contributed by atoms with Crippen LogP contribution in [0.3, 0.4) is 0 Å². The Morgan fingerprint density at radius 1 is 0.711 bits per heavy atom. The van der Waals surface area contributed by atoms with Gasteiger partial charge in [0.1, 0.15) is 23.9 Å². The van der Waals surface area contributed by atoms with Gasteiger partial charge >= 0.3 is 0 Å². The van der Waals surface area contributed by atoms with Gasteiger partial charge in [-0.15, -0.1) is 0 Å². The maximum absolute atomic E-state index is 15.0. The standard InChI is InChI=1S/C28H30FN5O4/c1-19-30-27(24-13-14-25(32-26(24)29)38-16-15-35-2)33-28(31-19)34(17-20-5-9-22(36-3)10-6-20)18-21-7-11-23(37-4)12-8-21/h5-14H,15-18H2,1-4H3. The topological polar surface area (TPSA) is 91.7 Å². The summed E-state index contributed by atoms with van der Waals surface area (Å²) in [6.45, 7) is 3.40. The van der Waals surface area contributed by atoms with Crippen molar-refractivity contribution in [3.63, 3.8) is 0 Å². The number of anilines is 1. The van der Waals surface area contributed by atoms with Crippen LogP contribution in [0.1, 0.15) is 17.0 Å². The molecule has 0 radical (unpaired) electrons. The number of ether oxygens (including phenoxy) is 4. The van der Waals surface area contributed by atoms with Crippen LogP contribution in [0.5, 0.6) is 17.4 Å². The lowest BCUT2D eigenvalue weighted by Gasteiger charge is -2.24. The minimum atomic E-state index is -0.728. The average Bonchev–Trinajstić information content (AvgIpc) is 2.93. The number of aromatic nitrogens is 4. The minimum absolute atomic E-state index is 0.157. The molecule has 0 amide bonds. The molecule has 38 heavy (non-hydrogen) atoms. The molecule has 0 bridgehead atoms. The average molecular weight is 520 g/mol. The van der Waals surface area contributed by atoms with Gasteiger partial charge in [-0.25, -0.2) is 4.98 Å². The van der Waals surface area contributed by atoms with Gasteiger partial charge in [0.05, 0.1) is 26.4 Å². The van der Waals surface area contributed by atoms with Crippen LogP contribution >= 0.6 is 0 Å². The number of hydrogen-bond acceptors (Lipinski definition) is 9. The van der Waals surface area contributed by atoms with E-state index in [1.165, 1.54) is 0 Å². The Morgan fingerprint density at radius 2 is 1.32 bits per heavy atom. The smallest absolute Gasteiger partial charge is 0.229 e. The number of nitrogens with zero attached hydrogens (tertiary/aromatic N) is 5. The molecule has 0 N–H and O–H groups in total. The van der Waals surface area contributed by atoms with Crippen molar-refractivity contribution < 1.29 is 23.3 Å². The Bertz CT molecular complexity index is 1290. The lowest BCUT2D eigenvalue weighted by atomic mass is 10.1. The van der Waals surface area contributed by atoms with Crippen LogP contribution in [0.2, 0.25) is 0 Å². The molecule has 2 heterocycles. The van der Waals surface area contributed by atoms with E-state index < -0.39 is 5.95 Å². The minimum Gasteiger partial charge on any atom is -0.497 e. The van der Waals surface area contributed by atoms with E-state index in [1.54, 1.807) is 40.4 Å². The Kier molecular flexibility index (Phi) is 8.99. The van der Waals surface area contributed by atoms with Gasteiger partial charge in [0.15, 0.2) is 5.82 Å². The Morgan fingerprint density at radius 3 is 1.84 bits per heavy atom. The van der Waals surface area contributed by atoms with Crippen molar-refractivity contribution in [2.45, 2.75) is 20.0 Å². The van der Waals surface area contributed by atoms with E-state index in [9.17, 15) is 4.39 Å². The van der Waals surface area contributed by atoms with Gasteiger partial charge < -0.3 is 23.8 Å². The molecule has 2 aromatic carbocycles. The first-order valence-corrected chi connectivity index (χ1v) is 12.0. The van der Waals surface area contributed by atoms with Gasteiger partial charge in [0.2, 0.25) is 17.8 Å². The van der Waals surface area contributed by atoms with E-state index in [0.29, 0.717) is 31.5 Å². The van der Waals surface area contributed by atoms with E-state index in [0.717, 1.165) is 22.6 Å². The number of hydrogen-bond donors (Lipinski definition) is 0. The van der Waals surface area contributed by atoms with Crippen molar-refractivity contribution in [3.05, 3.63) is 83.6 Å². The van der Waals surface area contributed by atoms with Crippen LogP contribution in [-0.2, 0) is 17.8 Å². The Hall–Kier alpha value is -4.31. The maximum atomic E-state index is 15.0. The normalized spacial score (nSPS) is 10.8. The van der Waals surface area contributed by atoms with Crippen LogP contribution < -0.4 is 19.1 Å². The number of pyridine rings is 1. The van der Waals surface area contributed by atoms with E-state index >= 15 is 0 Å². The molecule has 0 saturated carbocycles. The molecular weight excluding hydrogens is 489 g/mol. The number of aryl methyl sites for hydroxylation is 1. The molecule has 198 valence electrons. The molecule has 0 atom stereocenters. The predicted molar refractivity (Wildman–Crippen MR) is 141 cm³/mol. The van der Waals surface area contributed by atoms with Crippen LogP contribution in [0, 0.1) is 12.9 Å². The number of benzene rings is 2. The summed E-state index contributed by atoms with van der Waals surface area (Å²) in [5.74, 6) is 2.04. The lowest BCUT2D eigenvalue weighted by Crippen LogP contribution is -2.25. The quantitative estimate of drug-likeness (QED) is 0.196. The number of rotatable bonds is 12. The summed E-state index contributed by atoms with van der Waals surface area (Å²) in [5, 5.41) is 0. The second-order valence-corrected chi connectivity index (χ2v) is 8.39. The van der Waals surface area contributed by atoms with E-state index in [4.69, 9.17) is 18.9 Å². The second-order valence-electron chi connectivity index (χ2n) is 8.39. The van der Waals surface area contributed by atoms with E-state index in [2.05, 4.69) is 19.9 Å². The molecule has 10 heteroatoms. The largest absolute Gasteiger partial charge is 0.497 e. The monoisotopic (exact) mass is 519 g/mol. The number of halogens is 1. The summed E-state index contributed by atoms with van der Waals surface area (Å²) in [6.07, 6.45) is 0. The van der Waals surface area contributed by atoms with Crippen molar-refractivity contribution in [2.24, 2.45) is 0 Å². The fourth-order valence-corrected chi connectivity index (χ4v) is 3.72. The first-order chi connectivity index (χ1) is 18.5. The van der Waals surface area contributed by atoms with Crippen LogP contribution in [-0.4, -0.2) is 54.5 Å². The maximum Gasteiger partial charge on any atom is 0.229 e. The SMILES string of the molecule is COCCOc1ccc(-c2nc(C)nc(N(Cc3ccc(OC)cc3)Cc3ccc(OC)cc3)n2)c(F)n1. The summed E-state index contributed by atoms with van der Waals surface area (Å²) in [5.41, 5.74) is 2.22. The third-order valence-corrected chi connectivity index (χ3v) is 5.68. The van der Waals surface area contributed by atoms with Gasteiger partial charge in [0.25, 0.3) is 0 Å². The van der Waals surface area contributed by atoms with Gasteiger partial charge in [0, 0.05) is 26.3 Å². The molecule has 0 saturated heterocycles. The molecule has 0 aliphatic carbocycles. The molecule has 0 spiro atoms. The fraction of sp³-hybridized carbons (Fsp3) is 0.286. The predicted octanol–water partition coefficient (Wildman–Crippen LogP) is 4.63. The summed E-state index contributed by atoms with van der Waals surface area (Å²) >= 11 is 0. The highest BCUT2D eigenvalue weighted by Crippen LogP contribution is 2.25. The zero-order chi connectivity index (χ0) is 26.9. The molecule has 0 aliphatic rings. The molecule has 0 aliphatic heterocycles. The van der Waals surface area contributed by atoms with Crippen molar-refractivity contribution in [2.75, 3.05) is 39.4 Å². The molecule has 2 aromatic heterocycles. The third kappa shape index (κ3) is 6.92. The highest BCUT2D eigenvalue weighted by atomic mass is 19.1. The highest BCUT2D eigenvalue weighted by Gasteiger charge is 2.18. The molecule has 0 fully saturated rings. The van der Waals surface area contributed by atoms with Crippen LogP contribution in [0.15, 0.2) is 60.7 Å². The summed E-state index contributed by atoms with van der Waals surface area (Å²) in [6, 6.07) is 18.7. The van der Waals surface area contributed by atoms with Crippen molar-refractivity contribution in [3.8, 4) is 28.8 Å². The summed E-state index contributed by atoms with van der Waals surface area (Å²) in [4.78, 5) is 19.5. The molecule has 0 unspecified atom stereocenters. The van der Waals surface area contributed by atoms with Gasteiger partial charge in [-0.1, -0.05) is 24.3 Å². The van der Waals surface area contributed by atoms with Crippen molar-refractivity contribution in [1.29, 1.82) is 0 Å². The van der Waals surface area contributed by atoms with E-state index in [1.807, 2.05) is 53.4 Å². The highest BCUT2D eigenvalue weighted by molar-refractivity contribution is 5.56. The summed E-state index contributed by atoms with van der Waals surface area (Å²) < 4.78 is 35.9. The first-order valence-electron chi connectivity index (χ1n) is 12.0.